The van der Waals surface area contributed by atoms with Gasteiger partial charge in [-0.05, 0) is 37.0 Å². The zero-order valence-corrected chi connectivity index (χ0v) is 10.8. The summed E-state index contributed by atoms with van der Waals surface area (Å²) in [7, 11) is 0. The van der Waals surface area contributed by atoms with E-state index < -0.39 is 5.97 Å². The van der Waals surface area contributed by atoms with Gasteiger partial charge in [0, 0.05) is 19.5 Å². The number of carbonyl (C=O) groups is 2. The molecule has 1 heterocycles. The highest BCUT2D eigenvalue weighted by molar-refractivity contribution is 5.97. The Morgan fingerprint density at radius 3 is 2.79 bits per heavy atom. The number of aryl methyl sites for hydroxylation is 1. The largest absolute Gasteiger partial charge is 0.507 e. The second kappa shape index (κ2) is 5.30. The quantitative estimate of drug-likeness (QED) is 0.869. The van der Waals surface area contributed by atoms with Gasteiger partial charge in [0.05, 0.1) is 5.56 Å². The summed E-state index contributed by atoms with van der Waals surface area (Å²) < 4.78 is 0. The molecule has 1 unspecified atom stereocenters. The van der Waals surface area contributed by atoms with Crippen LogP contribution in [0.2, 0.25) is 0 Å². The summed E-state index contributed by atoms with van der Waals surface area (Å²) in [5, 5.41) is 18.5. The maximum atomic E-state index is 12.2. The molecule has 102 valence electrons. The molecule has 1 fully saturated rings. The lowest BCUT2D eigenvalue weighted by Gasteiger charge is -2.17. The van der Waals surface area contributed by atoms with Crippen LogP contribution in [0.15, 0.2) is 18.2 Å². The van der Waals surface area contributed by atoms with E-state index in [4.69, 9.17) is 5.11 Å². The Morgan fingerprint density at radius 1 is 1.42 bits per heavy atom. The predicted octanol–water partition coefficient (Wildman–Crippen LogP) is 1.64. The number of carbonyl (C=O) groups excluding carboxylic acids is 1. The standard InChI is InChI=1S/C14H17NO4/c1-9-2-3-11(12(16)6-9)14(19)15-5-4-10(8-15)7-13(17)18/h2-3,6,10,16H,4-5,7-8H2,1H3,(H,17,18). The number of carboxylic acid groups (broad SMARTS) is 1. The number of phenolic OH excluding ortho intramolecular Hbond substituents is 1. The van der Waals surface area contributed by atoms with Crippen LogP contribution in [0.1, 0.15) is 28.8 Å². The van der Waals surface area contributed by atoms with Gasteiger partial charge in [0.1, 0.15) is 5.75 Å². The molecule has 1 saturated heterocycles. The van der Waals surface area contributed by atoms with Crippen LogP contribution in [0.4, 0.5) is 0 Å². The average molecular weight is 263 g/mol. The number of phenols is 1. The van der Waals surface area contributed by atoms with E-state index >= 15 is 0 Å². The molecular formula is C14H17NO4. The van der Waals surface area contributed by atoms with Crippen LogP contribution >= 0.6 is 0 Å². The van der Waals surface area contributed by atoms with Crippen molar-refractivity contribution in [2.24, 2.45) is 5.92 Å². The summed E-state index contributed by atoms with van der Waals surface area (Å²) in [5.74, 6) is -1.08. The number of rotatable bonds is 3. The highest BCUT2D eigenvalue weighted by atomic mass is 16.4. The van der Waals surface area contributed by atoms with Crippen molar-refractivity contribution in [3.8, 4) is 5.75 Å². The van der Waals surface area contributed by atoms with Crippen molar-refractivity contribution in [3.05, 3.63) is 29.3 Å². The van der Waals surface area contributed by atoms with Crippen LogP contribution in [0, 0.1) is 12.8 Å². The Labute approximate surface area is 111 Å². The molecule has 2 N–H and O–H groups in total. The van der Waals surface area contributed by atoms with Gasteiger partial charge in [-0.1, -0.05) is 6.07 Å². The molecule has 5 heteroatoms. The lowest BCUT2D eigenvalue weighted by atomic mass is 10.1. The molecule has 0 aromatic heterocycles. The Hall–Kier alpha value is -2.04. The molecule has 1 aromatic rings. The molecule has 1 atom stereocenters. The van der Waals surface area contributed by atoms with E-state index in [9.17, 15) is 14.7 Å². The number of aliphatic carboxylic acids is 1. The fourth-order valence-corrected chi connectivity index (χ4v) is 2.42. The van der Waals surface area contributed by atoms with Crippen molar-refractivity contribution in [1.29, 1.82) is 0 Å². The maximum absolute atomic E-state index is 12.2. The molecule has 1 aliphatic rings. The van der Waals surface area contributed by atoms with Crippen LogP contribution < -0.4 is 0 Å². The van der Waals surface area contributed by atoms with Crippen molar-refractivity contribution in [2.45, 2.75) is 19.8 Å². The SMILES string of the molecule is Cc1ccc(C(=O)N2CCC(CC(=O)O)C2)c(O)c1. The van der Waals surface area contributed by atoms with Crippen LogP contribution in [0.3, 0.4) is 0 Å². The monoisotopic (exact) mass is 263 g/mol. The van der Waals surface area contributed by atoms with E-state index in [2.05, 4.69) is 0 Å². The average Bonchev–Trinajstić information content (AvgIpc) is 2.75. The highest BCUT2D eigenvalue weighted by Gasteiger charge is 2.29. The second-order valence-corrected chi connectivity index (χ2v) is 5.02. The molecule has 0 saturated carbocycles. The van der Waals surface area contributed by atoms with E-state index in [1.807, 2.05) is 6.92 Å². The second-order valence-electron chi connectivity index (χ2n) is 5.02. The first-order chi connectivity index (χ1) is 8.97. The molecule has 0 radical (unpaired) electrons. The van der Waals surface area contributed by atoms with Crippen LogP contribution in [-0.2, 0) is 4.79 Å². The molecule has 0 aliphatic carbocycles. The number of amides is 1. The summed E-state index contributed by atoms with van der Waals surface area (Å²) in [6, 6.07) is 4.94. The van der Waals surface area contributed by atoms with Gasteiger partial charge < -0.3 is 15.1 Å². The van der Waals surface area contributed by atoms with Crippen LogP contribution in [0.5, 0.6) is 5.75 Å². The Morgan fingerprint density at radius 2 is 2.16 bits per heavy atom. The van der Waals surface area contributed by atoms with Crippen molar-refractivity contribution < 1.29 is 19.8 Å². The molecule has 1 aliphatic heterocycles. The third-order valence-corrected chi connectivity index (χ3v) is 3.42. The molecule has 5 nitrogen and oxygen atoms in total. The van der Waals surface area contributed by atoms with Crippen LogP contribution in [0.25, 0.3) is 0 Å². The van der Waals surface area contributed by atoms with Gasteiger partial charge in [-0.25, -0.2) is 0 Å². The summed E-state index contributed by atoms with van der Waals surface area (Å²) in [6.07, 6.45) is 0.786. The van der Waals surface area contributed by atoms with Crippen molar-refractivity contribution in [3.63, 3.8) is 0 Å². The molecule has 0 bridgehead atoms. The third kappa shape index (κ3) is 3.05. The minimum atomic E-state index is -0.836. The van der Waals surface area contributed by atoms with Gasteiger partial charge >= 0.3 is 5.97 Å². The molecule has 19 heavy (non-hydrogen) atoms. The minimum absolute atomic E-state index is 0.00837. The number of likely N-dealkylation sites (tertiary alicyclic amines) is 1. The smallest absolute Gasteiger partial charge is 0.303 e. The fraction of sp³-hybridized carbons (Fsp3) is 0.429. The topological polar surface area (TPSA) is 77.8 Å². The molecule has 1 amide bonds. The summed E-state index contributed by atoms with van der Waals surface area (Å²) in [5.41, 5.74) is 1.17. The number of carboxylic acids is 1. The summed E-state index contributed by atoms with van der Waals surface area (Å²) in [6.45, 7) is 2.83. The first-order valence-corrected chi connectivity index (χ1v) is 6.28. The molecular weight excluding hydrogens is 246 g/mol. The molecule has 2 rings (SSSR count). The maximum Gasteiger partial charge on any atom is 0.303 e. The van der Waals surface area contributed by atoms with Gasteiger partial charge in [-0.2, -0.15) is 0 Å². The van der Waals surface area contributed by atoms with E-state index in [0.717, 1.165) is 5.56 Å². The fourth-order valence-electron chi connectivity index (χ4n) is 2.42. The predicted molar refractivity (Wildman–Crippen MR) is 69.1 cm³/mol. The zero-order valence-electron chi connectivity index (χ0n) is 10.8. The minimum Gasteiger partial charge on any atom is -0.507 e. The van der Waals surface area contributed by atoms with Gasteiger partial charge in [0.2, 0.25) is 0 Å². The van der Waals surface area contributed by atoms with Crippen LogP contribution in [-0.4, -0.2) is 40.1 Å². The zero-order chi connectivity index (χ0) is 14.0. The molecule has 1 aromatic carbocycles. The van der Waals surface area contributed by atoms with Crippen molar-refractivity contribution in [2.75, 3.05) is 13.1 Å². The number of benzene rings is 1. The Bertz CT molecular complexity index is 512. The van der Waals surface area contributed by atoms with Gasteiger partial charge in [0.25, 0.3) is 5.91 Å². The number of aromatic hydroxyl groups is 1. The Balaban J connectivity index is 2.07. The summed E-state index contributed by atoms with van der Waals surface area (Å²) in [4.78, 5) is 24.5. The lowest BCUT2D eigenvalue weighted by molar-refractivity contribution is -0.138. The van der Waals surface area contributed by atoms with E-state index in [1.54, 1.807) is 23.1 Å². The van der Waals surface area contributed by atoms with E-state index in [-0.39, 0.29) is 29.6 Å². The number of hydrogen-bond donors (Lipinski definition) is 2. The summed E-state index contributed by atoms with van der Waals surface area (Å²) >= 11 is 0. The normalized spacial score (nSPS) is 18.6. The van der Waals surface area contributed by atoms with E-state index in [0.29, 0.717) is 19.5 Å². The van der Waals surface area contributed by atoms with Gasteiger partial charge in [-0.15, -0.1) is 0 Å². The van der Waals surface area contributed by atoms with Gasteiger partial charge in [0.15, 0.2) is 0 Å². The van der Waals surface area contributed by atoms with Crippen molar-refractivity contribution in [1.82, 2.24) is 4.90 Å². The van der Waals surface area contributed by atoms with E-state index in [1.165, 1.54) is 0 Å². The lowest BCUT2D eigenvalue weighted by Crippen LogP contribution is -2.29. The van der Waals surface area contributed by atoms with Crippen molar-refractivity contribution >= 4 is 11.9 Å². The Kier molecular flexibility index (Phi) is 3.74. The number of hydrogen-bond acceptors (Lipinski definition) is 3. The first-order valence-electron chi connectivity index (χ1n) is 6.28. The number of nitrogens with zero attached hydrogens (tertiary/aromatic N) is 1. The first kappa shape index (κ1) is 13.4. The molecule has 0 spiro atoms. The van der Waals surface area contributed by atoms with Gasteiger partial charge in [-0.3, -0.25) is 9.59 Å². The highest BCUT2D eigenvalue weighted by Crippen LogP contribution is 2.25. The third-order valence-electron chi connectivity index (χ3n) is 3.42.